The second kappa shape index (κ2) is 7.42. The fraction of sp³-hybridized carbons (Fsp3) is 0.350. The topological polar surface area (TPSA) is 49.3 Å². The van der Waals surface area contributed by atoms with E-state index in [0.717, 1.165) is 30.4 Å². The summed E-state index contributed by atoms with van der Waals surface area (Å²) in [5, 5.41) is 12.3. The van der Waals surface area contributed by atoms with Gasteiger partial charge in [-0.15, -0.1) is 0 Å². The maximum Gasteiger partial charge on any atom is 0.251 e. The molecule has 3 nitrogen and oxygen atoms in total. The molecule has 0 aromatic heterocycles. The molecule has 1 saturated carbocycles. The zero-order valence-corrected chi connectivity index (χ0v) is 13.2. The highest BCUT2D eigenvalue weighted by atomic mass is 16.3. The fourth-order valence-electron chi connectivity index (χ4n) is 3.02. The van der Waals surface area contributed by atoms with Crippen LogP contribution in [-0.2, 0) is 6.42 Å². The molecule has 0 bridgehead atoms. The minimum atomic E-state index is -0.0260. The van der Waals surface area contributed by atoms with Crippen LogP contribution in [0, 0.1) is 5.92 Å². The number of rotatable bonds is 7. The molecular weight excluding hydrogens is 286 g/mol. The summed E-state index contributed by atoms with van der Waals surface area (Å²) in [6, 6.07) is 18.1. The Kier molecular flexibility index (Phi) is 5.09. The van der Waals surface area contributed by atoms with E-state index >= 15 is 0 Å². The number of aliphatic hydroxyl groups excluding tert-OH is 1. The molecule has 1 atom stereocenters. The molecule has 1 aliphatic rings. The van der Waals surface area contributed by atoms with Crippen molar-refractivity contribution in [2.75, 3.05) is 6.61 Å². The third-order valence-electron chi connectivity index (χ3n) is 4.45. The van der Waals surface area contributed by atoms with Crippen LogP contribution in [0.1, 0.15) is 40.7 Å². The van der Waals surface area contributed by atoms with Crippen molar-refractivity contribution in [2.45, 2.75) is 31.7 Å². The standard InChI is InChI=1S/C20H23NO2/c22-13-12-19(16-10-11-16)21-20(23)18-9-5-4-8-17(18)14-15-6-2-1-3-7-15/h1-9,16,19,22H,10-14H2,(H,21,23). The average molecular weight is 309 g/mol. The van der Waals surface area contributed by atoms with Crippen molar-refractivity contribution in [3.05, 3.63) is 71.3 Å². The van der Waals surface area contributed by atoms with Gasteiger partial charge in [0, 0.05) is 18.2 Å². The lowest BCUT2D eigenvalue weighted by molar-refractivity contribution is 0.0923. The van der Waals surface area contributed by atoms with Gasteiger partial charge in [0.05, 0.1) is 0 Å². The zero-order valence-electron chi connectivity index (χ0n) is 13.2. The molecule has 2 aromatic rings. The van der Waals surface area contributed by atoms with E-state index in [0.29, 0.717) is 12.3 Å². The lowest BCUT2D eigenvalue weighted by Gasteiger charge is -2.18. The highest BCUT2D eigenvalue weighted by Crippen LogP contribution is 2.34. The Hall–Kier alpha value is -2.13. The van der Waals surface area contributed by atoms with Crippen LogP contribution in [0.15, 0.2) is 54.6 Å². The van der Waals surface area contributed by atoms with Gasteiger partial charge in [0.1, 0.15) is 0 Å². The van der Waals surface area contributed by atoms with Crippen LogP contribution in [0.3, 0.4) is 0 Å². The van der Waals surface area contributed by atoms with Crippen molar-refractivity contribution in [3.63, 3.8) is 0 Å². The minimum Gasteiger partial charge on any atom is -0.396 e. The Morgan fingerprint density at radius 2 is 1.78 bits per heavy atom. The van der Waals surface area contributed by atoms with Crippen LogP contribution < -0.4 is 5.32 Å². The van der Waals surface area contributed by atoms with Gasteiger partial charge in [0.15, 0.2) is 0 Å². The molecule has 2 aromatic carbocycles. The van der Waals surface area contributed by atoms with E-state index in [1.54, 1.807) is 0 Å². The Morgan fingerprint density at radius 3 is 2.48 bits per heavy atom. The normalized spacial score (nSPS) is 15.2. The first kappa shape index (κ1) is 15.8. The summed E-state index contributed by atoms with van der Waals surface area (Å²) in [6.45, 7) is 0.118. The summed E-state index contributed by atoms with van der Waals surface area (Å²) < 4.78 is 0. The Balaban J connectivity index is 1.75. The Morgan fingerprint density at radius 1 is 1.09 bits per heavy atom. The molecule has 2 N–H and O–H groups in total. The molecule has 0 saturated heterocycles. The summed E-state index contributed by atoms with van der Waals surface area (Å²) in [4.78, 5) is 12.7. The monoisotopic (exact) mass is 309 g/mol. The number of hydrogen-bond donors (Lipinski definition) is 2. The predicted molar refractivity (Wildman–Crippen MR) is 91.4 cm³/mol. The van der Waals surface area contributed by atoms with Gasteiger partial charge in [0.2, 0.25) is 0 Å². The first-order chi connectivity index (χ1) is 11.3. The second-order valence-electron chi connectivity index (χ2n) is 6.25. The summed E-state index contributed by atoms with van der Waals surface area (Å²) >= 11 is 0. The minimum absolute atomic E-state index is 0.0260. The van der Waals surface area contributed by atoms with Gasteiger partial charge < -0.3 is 10.4 Å². The van der Waals surface area contributed by atoms with E-state index in [2.05, 4.69) is 17.4 Å². The van der Waals surface area contributed by atoms with Gasteiger partial charge in [-0.3, -0.25) is 4.79 Å². The predicted octanol–water partition coefficient (Wildman–Crippen LogP) is 3.17. The molecule has 3 rings (SSSR count). The molecule has 3 heteroatoms. The average Bonchev–Trinajstić information content (AvgIpc) is 3.41. The number of hydrogen-bond acceptors (Lipinski definition) is 2. The van der Waals surface area contributed by atoms with Crippen molar-refractivity contribution >= 4 is 5.91 Å². The lowest BCUT2D eigenvalue weighted by atomic mass is 9.98. The molecule has 1 fully saturated rings. The molecule has 0 aliphatic heterocycles. The SMILES string of the molecule is O=C(NC(CCO)C1CC1)c1ccccc1Cc1ccccc1. The van der Waals surface area contributed by atoms with Gasteiger partial charge in [-0.2, -0.15) is 0 Å². The maximum absolute atomic E-state index is 12.7. The van der Waals surface area contributed by atoms with Gasteiger partial charge in [-0.25, -0.2) is 0 Å². The number of amides is 1. The van der Waals surface area contributed by atoms with Gasteiger partial charge in [-0.05, 0) is 48.8 Å². The van der Waals surface area contributed by atoms with Crippen molar-refractivity contribution in [2.24, 2.45) is 5.92 Å². The molecule has 0 heterocycles. The molecule has 1 aliphatic carbocycles. The van der Waals surface area contributed by atoms with Gasteiger partial charge in [0.25, 0.3) is 5.91 Å². The Bertz CT molecular complexity index is 650. The van der Waals surface area contributed by atoms with Crippen molar-refractivity contribution in [1.82, 2.24) is 5.32 Å². The van der Waals surface area contributed by atoms with Crippen molar-refractivity contribution < 1.29 is 9.90 Å². The first-order valence-electron chi connectivity index (χ1n) is 8.31. The zero-order chi connectivity index (χ0) is 16.1. The molecular formula is C20H23NO2. The molecule has 1 unspecified atom stereocenters. The highest BCUT2D eigenvalue weighted by molar-refractivity contribution is 5.96. The third kappa shape index (κ3) is 4.20. The van der Waals surface area contributed by atoms with E-state index in [4.69, 9.17) is 0 Å². The molecule has 1 amide bonds. The third-order valence-corrected chi connectivity index (χ3v) is 4.45. The second-order valence-corrected chi connectivity index (χ2v) is 6.25. The first-order valence-corrected chi connectivity index (χ1v) is 8.31. The van der Waals surface area contributed by atoms with Crippen molar-refractivity contribution in [1.29, 1.82) is 0 Å². The van der Waals surface area contributed by atoms with Crippen LogP contribution in [0.25, 0.3) is 0 Å². The largest absolute Gasteiger partial charge is 0.396 e. The quantitative estimate of drug-likeness (QED) is 0.825. The highest BCUT2D eigenvalue weighted by Gasteiger charge is 2.32. The van der Waals surface area contributed by atoms with E-state index in [9.17, 15) is 9.90 Å². The summed E-state index contributed by atoms with van der Waals surface area (Å²) in [6.07, 6.45) is 3.68. The van der Waals surface area contributed by atoms with E-state index < -0.39 is 0 Å². The number of aliphatic hydroxyl groups is 1. The number of benzene rings is 2. The fourth-order valence-corrected chi connectivity index (χ4v) is 3.02. The maximum atomic E-state index is 12.7. The lowest BCUT2D eigenvalue weighted by Crippen LogP contribution is -2.37. The summed E-state index contributed by atoms with van der Waals surface area (Å²) in [5.41, 5.74) is 2.97. The van der Waals surface area contributed by atoms with E-state index in [-0.39, 0.29) is 18.6 Å². The van der Waals surface area contributed by atoms with Crippen LogP contribution in [0.4, 0.5) is 0 Å². The van der Waals surface area contributed by atoms with Crippen LogP contribution in [0.2, 0.25) is 0 Å². The van der Waals surface area contributed by atoms with Crippen LogP contribution in [0.5, 0.6) is 0 Å². The number of nitrogens with one attached hydrogen (secondary N) is 1. The number of carbonyl (C=O) groups excluding carboxylic acids is 1. The molecule has 23 heavy (non-hydrogen) atoms. The Labute approximate surface area is 137 Å². The summed E-state index contributed by atoms with van der Waals surface area (Å²) in [7, 11) is 0. The van der Waals surface area contributed by atoms with E-state index in [1.807, 2.05) is 42.5 Å². The van der Waals surface area contributed by atoms with Gasteiger partial charge >= 0.3 is 0 Å². The number of carbonyl (C=O) groups is 1. The van der Waals surface area contributed by atoms with Crippen molar-refractivity contribution in [3.8, 4) is 0 Å². The van der Waals surface area contributed by atoms with Gasteiger partial charge in [-0.1, -0.05) is 48.5 Å². The molecule has 0 spiro atoms. The summed E-state index contributed by atoms with van der Waals surface area (Å²) in [5.74, 6) is 0.509. The molecule has 120 valence electrons. The van der Waals surface area contributed by atoms with Crippen LogP contribution >= 0.6 is 0 Å². The van der Waals surface area contributed by atoms with Crippen LogP contribution in [-0.4, -0.2) is 23.7 Å². The smallest absolute Gasteiger partial charge is 0.251 e. The van der Waals surface area contributed by atoms with E-state index in [1.165, 1.54) is 5.56 Å². The molecule has 0 radical (unpaired) electrons.